The van der Waals surface area contributed by atoms with Crippen LogP contribution in [-0.2, 0) is 9.84 Å². The molecule has 5 heteroatoms. The Labute approximate surface area is 90.2 Å². The first-order chi connectivity index (χ1) is 6.86. The Hall–Kier alpha value is -1.10. The van der Waals surface area contributed by atoms with E-state index in [-0.39, 0.29) is 16.7 Å². The van der Waals surface area contributed by atoms with Crippen molar-refractivity contribution in [2.24, 2.45) is 0 Å². The normalized spacial score (nSPS) is 11.8. The minimum absolute atomic E-state index is 0.149. The van der Waals surface area contributed by atoms with E-state index in [1.165, 1.54) is 7.11 Å². The molecule has 0 saturated heterocycles. The third-order valence-electron chi connectivity index (χ3n) is 2.10. The number of hydrogen-bond donors (Lipinski definition) is 0. The molecule has 0 aromatic carbocycles. The molecule has 0 radical (unpaired) electrons. The third-order valence-corrected chi connectivity index (χ3v) is 3.19. The van der Waals surface area contributed by atoms with Crippen LogP contribution in [0.5, 0.6) is 5.88 Å². The average molecular weight is 229 g/mol. The van der Waals surface area contributed by atoms with Crippen molar-refractivity contribution in [3.63, 3.8) is 0 Å². The number of ether oxygens (including phenoxy) is 1. The van der Waals surface area contributed by atoms with Crippen LogP contribution in [0.1, 0.15) is 25.3 Å². The molecular weight excluding hydrogens is 214 g/mol. The molecule has 0 bridgehead atoms. The van der Waals surface area contributed by atoms with Gasteiger partial charge in [-0.25, -0.2) is 13.4 Å². The standard InChI is InChI=1S/C10H15NO3S/c1-7(2)8-5-9(15(4,12)13)10(14-3)11-6-8/h5-7H,1-4H3. The second-order valence-electron chi connectivity index (χ2n) is 3.70. The zero-order valence-corrected chi connectivity index (χ0v) is 10.1. The molecule has 0 saturated carbocycles. The lowest BCUT2D eigenvalue weighted by Gasteiger charge is -2.09. The summed E-state index contributed by atoms with van der Waals surface area (Å²) in [6.45, 7) is 3.96. The quantitative estimate of drug-likeness (QED) is 0.790. The van der Waals surface area contributed by atoms with Gasteiger partial charge in [0.2, 0.25) is 5.88 Å². The molecule has 0 aliphatic heterocycles. The molecule has 0 aliphatic rings. The fourth-order valence-electron chi connectivity index (χ4n) is 1.18. The van der Waals surface area contributed by atoms with Gasteiger partial charge >= 0.3 is 0 Å². The number of sulfone groups is 1. The molecule has 1 aromatic rings. The Morgan fingerprint density at radius 3 is 2.40 bits per heavy atom. The summed E-state index contributed by atoms with van der Waals surface area (Å²) in [5, 5.41) is 0. The van der Waals surface area contributed by atoms with E-state index in [9.17, 15) is 8.42 Å². The second-order valence-corrected chi connectivity index (χ2v) is 5.69. The van der Waals surface area contributed by atoms with Gasteiger partial charge in [0.25, 0.3) is 0 Å². The summed E-state index contributed by atoms with van der Waals surface area (Å²) in [5.41, 5.74) is 0.885. The van der Waals surface area contributed by atoms with Crippen LogP contribution in [0.15, 0.2) is 17.2 Å². The lowest BCUT2D eigenvalue weighted by molar-refractivity contribution is 0.384. The van der Waals surface area contributed by atoms with Crippen molar-refractivity contribution in [1.82, 2.24) is 4.98 Å². The first-order valence-corrected chi connectivity index (χ1v) is 6.49. The van der Waals surface area contributed by atoms with Crippen LogP contribution in [0.3, 0.4) is 0 Å². The van der Waals surface area contributed by atoms with Gasteiger partial charge in [-0.3, -0.25) is 0 Å². The number of nitrogens with zero attached hydrogens (tertiary/aromatic N) is 1. The number of methoxy groups -OCH3 is 1. The molecule has 4 nitrogen and oxygen atoms in total. The zero-order chi connectivity index (χ0) is 11.6. The van der Waals surface area contributed by atoms with Crippen LogP contribution in [0.4, 0.5) is 0 Å². The summed E-state index contributed by atoms with van der Waals surface area (Å²) in [5.74, 6) is 0.394. The van der Waals surface area contributed by atoms with Crippen molar-refractivity contribution < 1.29 is 13.2 Å². The molecule has 15 heavy (non-hydrogen) atoms. The lowest BCUT2D eigenvalue weighted by atomic mass is 10.1. The molecule has 0 fully saturated rings. The highest BCUT2D eigenvalue weighted by molar-refractivity contribution is 7.90. The van der Waals surface area contributed by atoms with Gasteiger partial charge in [-0.2, -0.15) is 0 Å². The minimum atomic E-state index is -3.29. The maximum absolute atomic E-state index is 11.5. The fourth-order valence-corrected chi connectivity index (χ4v) is 1.99. The van der Waals surface area contributed by atoms with Crippen molar-refractivity contribution in [1.29, 1.82) is 0 Å². The largest absolute Gasteiger partial charge is 0.480 e. The molecule has 0 amide bonds. The molecule has 1 aromatic heterocycles. The summed E-state index contributed by atoms with van der Waals surface area (Å²) in [7, 11) is -1.88. The second kappa shape index (κ2) is 4.18. The van der Waals surface area contributed by atoms with Crippen LogP contribution < -0.4 is 4.74 Å². The molecule has 1 heterocycles. The van der Waals surface area contributed by atoms with Crippen molar-refractivity contribution in [2.75, 3.05) is 13.4 Å². The van der Waals surface area contributed by atoms with Gasteiger partial charge in [0.15, 0.2) is 9.84 Å². The summed E-state index contributed by atoms with van der Waals surface area (Å²) >= 11 is 0. The van der Waals surface area contributed by atoms with E-state index in [0.717, 1.165) is 11.8 Å². The Kier molecular flexibility index (Phi) is 3.34. The van der Waals surface area contributed by atoms with Crippen LogP contribution >= 0.6 is 0 Å². The maximum atomic E-state index is 11.5. The monoisotopic (exact) mass is 229 g/mol. The summed E-state index contributed by atoms with van der Waals surface area (Å²) < 4.78 is 27.9. The van der Waals surface area contributed by atoms with Gasteiger partial charge in [0, 0.05) is 12.5 Å². The molecule has 0 atom stereocenters. The molecule has 1 rings (SSSR count). The van der Waals surface area contributed by atoms with Crippen molar-refractivity contribution in [3.05, 3.63) is 17.8 Å². The van der Waals surface area contributed by atoms with Crippen molar-refractivity contribution in [2.45, 2.75) is 24.7 Å². The van der Waals surface area contributed by atoms with Crippen molar-refractivity contribution in [3.8, 4) is 5.88 Å². The van der Waals surface area contributed by atoms with Crippen LogP contribution in [0, 0.1) is 0 Å². The number of rotatable bonds is 3. The Balaban J connectivity index is 3.39. The van der Waals surface area contributed by atoms with Crippen LogP contribution in [0.2, 0.25) is 0 Å². The topological polar surface area (TPSA) is 56.3 Å². The molecular formula is C10H15NO3S. The first-order valence-electron chi connectivity index (χ1n) is 4.60. The van der Waals surface area contributed by atoms with Crippen molar-refractivity contribution >= 4 is 9.84 Å². The molecule has 0 aliphatic carbocycles. The highest BCUT2D eigenvalue weighted by Crippen LogP contribution is 2.24. The predicted octanol–water partition coefficient (Wildman–Crippen LogP) is 1.62. The highest BCUT2D eigenvalue weighted by atomic mass is 32.2. The summed E-state index contributed by atoms with van der Waals surface area (Å²) in [6, 6.07) is 1.62. The van der Waals surface area contributed by atoms with E-state index in [1.54, 1.807) is 12.3 Å². The van der Waals surface area contributed by atoms with Crippen LogP contribution in [0.25, 0.3) is 0 Å². The van der Waals surface area contributed by atoms with Gasteiger partial charge < -0.3 is 4.74 Å². The maximum Gasteiger partial charge on any atom is 0.232 e. The molecule has 0 unspecified atom stereocenters. The predicted molar refractivity (Wildman–Crippen MR) is 58.0 cm³/mol. The van der Waals surface area contributed by atoms with E-state index < -0.39 is 9.84 Å². The van der Waals surface area contributed by atoms with E-state index in [0.29, 0.717) is 0 Å². The SMILES string of the molecule is COc1ncc(C(C)C)cc1S(C)(=O)=O. The van der Waals surface area contributed by atoms with Gasteiger partial charge in [0.05, 0.1) is 7.11 Å². The van der Waals surface area contributed by atoms with E-state index in [4.69, 9.17) is 4.74 Å². The van der Waals surface area contributed by atoms with E-state index in [1.807, 2.05) is 13.8 Å². The molecule has 84 valence electrons. The summed E-state index contributed by atoms with van der Waals surface area (Å²) in [4.78, 5) is 4.13. The first kappa shape index (κ1) is 12.0. The Morgan fingerprint density at radius 2 is 2.00 bits per heavy atom. The van der Waals surface area contributed by atoms with Gasteiger partial charge in [0.1, 0.15) is 4.90 Å². The summed E-state index contributed by atoms with van der Waals surface area (Å²) in [6.07, 6.45) is 2.79. The van der Waals surface area contributed by atoms with Gasteiger partial charge in [-0.05, 0) is 17.5 Å². The Morgan fingerprint density at radius 1 is 1.40 bits per heavy atom. The number of hydrogen-bond acceptors (Lipinski definition) is 4. The fraction of sp³-hybridized carbons (Fsp3) is 0.500. The zero-order valence-electron chi connectivity index (χ0n) is 9.31. The minimum Gasteiger partial charge on any atom is -0.480 e. The van der Waals surface area contributed by atoms with Gasteiger partial charge in [-0.1, -0.05) is 13.8 Å². The van der Waals surface area contributed by atoms with E-state index >= 15 is 0 Å². The van der Waals surface area contributed by atoms with E-state index in [2.05, 4.69) is 4.98 Å². The Bertz CT molecular complexity index is 452. The van der Waals surface area contributed by atoms with Crippen LogP contribution in [-0.4, -0.2) is 26.8 Å². The molecule has 0 spiro atoms. The lowest BCUT2D eigenvalue weighted by Crippen LogP contribution is -2.04. The molecule has 0 N–H and O–H groups in total. The highest BCUT2D eigenvalue weighted by Gasteiger charge is 2.17. The van der Waals surface area contributed by atoms with Gasteiger partial charge in [-0.15, -0.1) is 0 Å². The average Bonchev–Trinajstić information content (AvgIpc) is 2.15. The number of aromatic nitrogens is 1. The smallest absolute Gasteiger partial charge is 0.232 e. The third kappa shape index (κ3) is 2.68. The number of pyridine rings is 1.